The molecular weight excluding hydrogens is 396 g/mol. The van der Waals surface area contributed by atoms with Crippen molar-refractivity contribution in [2.45, 2.75) is 32.7 Å². The molecule has 0 radical (unpaired) electrons. The minimum absolute atomic E-state index is 0.0146. The van der Waals surface area contributed by atoms with E-state index < -0.39 is 40.7 Å². The minimum Gasteiger partial charge on any atom is -0.505 e. The summed E-state index contributed by atoms with van der Waals surface area (Å²) in [5, 5.41) is 26.3. The van der Waals surface area contributed by atoms with Crippen molar-refractivity contribution in [2.24, 2.45) is 0 Å². The van der Waals surface area contributed by atoms with Gasteiger partial charge in [-0.1, -0.05) is 32.9 Å². The van der Waals surface area contributed by atoms with E-state index in [1.165, 1.54) is 11.3 Å². The van der Waals surface area contributed by atoms with Crippen molar-refractivity contribution in [3.05, 3.63) is 50.9 Å². The lowest BCUT2D eigenvalue weighted by atomic mass is 9.90. The summed E-state index contributed by atoms with van der Waals surface area (Å²) in [6.45, 7) is 4.67. The SMILES string of the molecule is CC(C)(C)c1nn(Cc2nc3ccccc3s2)c(=O)c(C(=O)NCC(=O)O)c1O. The number of hydrogen-bond acceptors (Lipinski definition) is 7. The Hall–Kier alpha value is -3.27. The van der Waals surface area contributed by atoms with Gasteiger partial charge in [-0.25, -0.2) is 9.67 Å². The molecule has 10 heteroatoms. The molecule has 0 aliphatic rings. The van der Waals surface area contributed by atoms with Gasteiger partial charge in [-0.2, -0.15) is 5.10 Å². The highest BCUT2D eigenvalue weighted by Gasteiger charge is 2.29. The van der Waals surface area contributed by atoms with Gasteiger partial charge in [0.15, 0.2) is 5.75 Å². The lowest BCUT2D eigenvalue weighted by Gasteiger charge is -2.21. The highest BCUT2D eigenvalue weighted by molar-refractivity contribution is 7.18. The number of hydrogen-bond donors (Lipinski definition) is 3. The van der Waals surface area contributed by atoms with Crippen molar-refractivity contribution in [1.29, 1.82) is 0 Å². The average molecular weight is 416 g/mol. The maximum absolute atomic E-state index is 12.9. The van der Waals surface area contributed by atoms with Crippen LogP contribution in [0.1, 0.15) is 41.8 Å². The third kappa shape index (κ3) is 4.27. The van der Waals surface area contributed by atoms with Crippen LogP contribution in [0.4, 0.5) is 0 Å². The predicted octanol–water partition coefficient (Wildman–Crippen LogP) is 1.72. The number of aliphatic carboxylic acids is 1. The zero-order chi connectivity index (χ0) is 21.3. The molecule has 0 aliphatic carbocycles. The number of fused-ring (bicyclic) bond motifs is 1. The number of amides is 1. The molecule has 0 unspecified atom stereocenters. The van der Waals surface area contributed by atoms with E-state index in [2.05, 4.69) is 15.4 Å². The van der Waals surface area contributed by atoms with Gasteiger partial charge in [0.2, 0.25) is 0 Å². The van der Waals surface area contributed by atoms with Crippen LogP contribution in [0.5, 0.6) is 5.75 Å². The molecule has 9 nitrogen and oxygen atoms in total. The number of nitrogens with one attached hydrogen (secondary N) is 1. The molecule has 0 spiro atoms. The zero-order valence-corrected chi connectivity index (χ0v) is 16.9. The molecule has 29 heavy (non-hydrogen) atoms. The van der Waals surface area contributed by atoms with Gasteiger partial charge in [0.25, 0.3) is 11.5 Å². The number of nitrogens with zero attached hydrogens (tertiary/aromatic N) is 3. The van der Waals surface area contributed by atoms with E-state index in [1.807, 2.05) is 24.3 Å². The molecule has 0 saturated carbocycles. The summed E-state index contributed by atoms with van der Waals surface area (Å²) >= 11 is 1.40. The number of carboxylic acids is 1. The van der Waals surface area contributed by atoms with Crippen LogP contribution in [-0.2, 0) is 16.8 Å². The van der Waals surface area contributed by atoms with Gasteiger partial charge in [-0.05, 0) is 12.1 Å². The third-order valence-corrected chi connectivity index (χ3v) is 5.11. The van der Waals surface area contributed by atoms with Gasteiger partial charge < -0.3 is 15.5 Å². The van der Waals surface area contributed by atoms with Crippen LogP contribution in [-0.4, -0.2) is 43.4 Å². The van der Waals surface area contributed by atoms with Crippen molar-refractivity contribution in [2.75, 3.05) is 6.54 Å². The highest BCUT2D eigenvalue weighted by atomic mass is 32.1. The number of para-hydroxylation sites is 1. The molecule has 0 aliphatic heterocycles. The zero-order valence-electron chi connectivity index (χ0n) is 16.1. The van der Waals surface area contributed by atoms with Gasteiger partial charge >= 0.3 is 5.97 Å². The Bertz CT molecular complexity index is 1130. The topological polar surface area (TPSA) is 134 Å². The van der Waals surface area contributed by atoms with E-state index in [1.54, 1.807) is 20.8 Å². The summed E-state index contributed by atoms with van der Waals surface area (Å²) in [5.41, 5.74) is -1.09. The fourth-order valence-corrected chi connectivity index (χ4v) is 3.69. The van der Waals surface area contributed by atoms with E-state index in [-0.39, 0.29) is 12.2 Å². The van der Waals surface area contributed by atoms with Crippen molar-refractivity contribution in [1.82, 2.24) is 20.1 Å². The fourth-order valence-electron chi connectivity index (χ4n) is 2.74. The molecule has 2 aromatic heterocycles. The highest BCUT2D eigenvalue weighted by Crippen LogP contribution is 2.30. The maximum atomic E-state index is 12.9. The maximum Gasteiger partial charge on any atom is 0.322 e. The molecule has 3 aromatic rings. The summed E-state index contributed by atoms with van der Waals surface area (Å²) in [6.07, 6.45) is 0. The fraction of sp³-hybridized carbons (Fsp3) is 0.316. The standard InChI is InChI=1S/C19H20N4O5S/c1-19(2,3)16-15(26)14(17(27)20-8-13(24)25)18(28)23(22-16)9-12-21-10-6-4-5-7-11(10)29-12/h4-7,26H,8-9H2,1-3H3,(H,20,27)(H,24,25). The summed E-state index contributed by atoms with van der Waals surface area (Å²) in [7, 11) is 0. The quantitative estimate of drug-likeness (QED) is 0.576. The van der Waals surface area contributed by atoms with Crippen molar-refractivity contribution in [3.63, 3.8) is 0 Å². The van der Waals surface area contributed by atoms with Crippen molar-refractivity contribution in [3.8, 4) is 5.75 Å². The third-order valence-electron chi connectivity index (χ3n) is 4.09. The molecule has 3 rings (SSSR count). The van der Waals surface area contributed by atoms with Gasteiger partial charge in [-0.3, -0.25) is 14.4 Å². The summed E-state index contributed by atoms with van der Waals surface area (Å²) < 4.78 is 2.03. The molecule has 0 saturated heterocycles. The van der Waals surface area contributed by atoms with Gasteiger partial charge in [0.05, 0.1) is 16.8 Å². The summed E-state index contributed by atoms with van der Waals surface area (Å²) in [4.78, 5) is 40.5. The first kappa shape index (κ1) is 20.5. The Morgan fingerprint density at radius 2 is 1.93 bits per heavy atom. The number of carboxylic acid groups (broad SMARTS) is 1. The van der Waals surface area contributed by atoms with Crippen molar-refractivity contribution < 1.29 is 19.8 Å². The smallest absolute Gasteiger partial charge is 0.322 e. The first-order valence-electron chi connectivity index (χ1n) is 8.77. The molecule has 0 atom stereocenters. The van der Waals surface area contributed by atoms with E-state index in [4.69, 9.17) is 5.11 Å². The van der Waals surface area contributed by atoms with Crippen LogP contribution >= 0.6 is 11.3 Å². The largest absolute Gasteiger partial charge is 0.505 e. The van der Waals surface area contributed by atoms with Gasteiger partial charge in [0.1, 0.15) is 22.8 Å². The van der Waals surface area contributed by atoms with Crippen LogP contribution in [0.3, 0.4) is 0 Å². The second-order valence-electron chi connectivity index (χ2n) is 7.44. The second-order valence-corrected chi connectivity index (χ2v) is 8.55. The second kappa shape index (κ2) is 7.63. The molecule has 3 N–H and O–H groups in total. The molecular formula is C19H20N4O5S. The Morgan fingerprint density at radius 1 is 1.24 bits per heavy atom. The van der Waals surface area contributed by atoms with E-state index in [0.29, 0.717) is 5.01 Å². The molecule has 1 aromatic carbocycles. The monoisotopic (exact) mass is 416 g/mol. The van der Waals surface area contributed by atoms with Gasteiger partial charge in [0, 0.05) is 5.41 Å². The van der Waals surface area contributed by atoms with E-state index in [9.17, 15) is 19.5 Å². The average Bonchev–Trinajstić information content (AvgIpc) is 3.03. The minimum atomic E-state index is -1.27. The van der Waals surface area contributed by atoms with Crippen LogP contribution < -0.4 is 10.9 Å². The van der Waals surface area contributed by atoms with E-state index >= 15 is 0 Å². The van der Waals surface area contributed by atoms with Crippen LogP contribution in [0, 0.1) is 0 Å². The lowest BCUT2D eigenvalue weighted by molar-refractivity contribution is -0.135. The predicted molar refractivity (Wildman–Crippen MR) is 108 cm³/mol. The first-order chi connectivity index (χ1) is 13.6. The molecule has 1 amide bonds. The van der Waals surface area contributed by atoms with E-state index in [0.717, 1.165) is 14.9 Å². The Kier molecular flexibility index (Phi) is 5.38. The number of thiazole rings is 1. The van der Waals surface area contributed by atoms with Gasteiger partial charge in [-0.15, -0.1) is 11.3 Å². The number of aromatic nitrogens is 3. The van der Waals surface area contributed by atoms with Crippen molar-refractivity contribution >= 4 is 33.4 Å². The molecule has 0 fully saturated rings. The Labute approximate surface area is 169 Å². The van der Waals surface area contributed by atoms with Crippen LogP contribution in [0.15, 0.2) is 29.1 Å². The number of aromatic hydroxyl groups is 1. The summed E-state index contributed by atoms with van der Waals surface area (Å²) in [6, 6.07) is 7.51. The molecule has 2 heterocycles. The van der Waals surface area contributed by atoms with Crippen LogP contribution in [0.2, 0.25) is 0 Å². The molecule has 0 bridgehead atoms. The normalized spacial score (nSPS) is 11.6. The number of carbonyl (C=O) groups is 2. The Morgan fingerprint density at radius 3 is 2.55 bits per heavy atom. The summed E-state index contributed by atoms with van der Waals surface area (Å²) in [5.74, 6) is -2.79. The molecule has 152 valence electrons. The Balaban J connectivity index is 2.10. The lowest BCUT2D eigenvalue weighted by Crippen LogP contribution is -2.38. The first-order valence-corrected chi connectivity index (χ1v) is 9.58. The number of benzene rings is 1. The number of carbonyl (C=O) groups excluding carboxylic acids is 1. The number of rotatable bonds is 5. The van der Waals surface area contributed by atoms with Crippen LogP contribution in [0.25, 0.3) is 10.2 Å².